The zero-order chi connectivity index (χ0) is 10.4. The van der Waals surface area contributed by atoms with Crippen molar-refractivity contribution < 1.29 is 10.2 Å². The summed E-state index contributed by atoms with van der Waals surface area (Å²) in [6.45, 7) is 0. The van der Waals surface area contributed by atoms with Crippen molar-refractivity contribution in [1.82, 2.24) is 0 Å². The lowest BCUT2D eigenvalue weighted by Crippen LogP contribution is -2.20. The average Bonchev–Trinajstić information content (AvgIpc) is 2.44. The molecule has 2 nitrogen and oxygen atoms in total. The molecule has 1 fully saturated rings. The second kappa shape index (κ2) is 3.24. The van der Waals surface area contributed by atoms with Gasteiger partial charge in [-0.25, -0.2) is 0 Å². The van der Waals surface area contributed by atoms with Gasteiger partial charge in [0.15, 0.2) is 0 Å². The number of aromatic hydroxyl groups is 1. The van der Waals surface area contributed by atoms with Crippen LogP contribution in [0, 0.1) is 11.8 Å². The summed E-state index contributed by atoms with van der Waals surface area (Å²) >= 11 is 0. The van der Waals surface area contributed by atoms with Gasteiger partial charge in [-0.05, 0) is 60.8 Å². The van der Waals surface area contributed by atoms with Crippen molar-refractivity contribution in [3.63, 3.8) is 0 Å². The van der Waals surface area contributed by atoms with E-state index >= 15 is 0 Å². The van der Waals surface area contributed by atoms with Crippen molar-refractivity contribution in [2.24, 2.45) is 11.8 Å². The number of phenols is 1. The van der Waals surface area contributed by atoms with Gasteiger partial charge in [-0.1, -0.05) is 6.07 Å². The molecule has 3 unspecified atom stereocenters. The fourth-order valence-corrected chi connectivity index (χ4v) is 3.17. The summed E-state index contributed by atoms with van der Waals surface area (Å²) in [5.41, 5.74) is 2.56. The van der Waals surface area contributed by atoms with Crippen molar-refractivity contribution in [3.8, 4) is 5.75 Å². The Morgan fingerprint density at radius 2 is 1.67 bits per heavy atom. The molecule has 1 saturated carbocycles. The molecule has 80 valence electrons. The third-order valence-corrected chi connectivity index (χ3v) is 4.03. The van der Waals surface area contributed by atoms with Gasteiger partial charge in [-0.3, -0.25) is 0 Å². The van der Waals surface area contributed by atoms with Crippen LogP contribution in [0.15, 0.2) is 18.2 Å². The molecular formula is C13H16O2. The number of benzene rings is 1. The fourth-order valence-electron chi connectivity index (χ4n) is 3.17. The quantitative estimate of drug-likeness (QED) is 0.677. The molecule has 0 radical (unpaired) electrons. The molecule has 0 aromatic heterocycles. The molecule has 15 heavy (non-hydrogen) atoms. The van der Waals surface area contributed by atoms with Crippen molar-refractivity contribution in [2.75, 3.05) is 0 Å². The summed E-state index contributed by atoms with van der Waals surface area (Å²) in [6.07, 6.45) is 4.08. The highest BCUT2D eigenvalue weighted by Crippen LogP contribution is 2.40. The number of aliphatic hydroxyl groups is 1. The Hall–Kier alpha value is -1.02. The molecule has 2 aliphatic carbocycles. The summed E-state index contributed by atoms with van der Waals surface area (Å²) in [7, 11) is 0. The second-order valence-corrected chi connectivity index (χ2v) is 4.95. The minimum absolute atomic E-state index is 0.125. The molecule has 0 spiro atoms. The minimum Gasteiger partial charge on any atom is -0.508 e. The number of phenolic OH excluding ortho intramolecular Hbond substituents is 1. The summed E-state index contributed by atoms with van der Waals surface area (Å²) in [6, 6.07) is 5.63. The predicted octanol–water partition coefficient (Wildman–Crippen LogP) is 1.88. The first-order chi connectivity index (χ1) is 7.24. The van der Waals surface area contributed by atoms with Crippen LogP contribution in [0.3, 0.4) is 0 Å². The zero-order valence-electron chi connectivity index (χ0n) is 8.69. The molecule has 2 bridgehead atoms. The molecule has 3 atom stereocenters. The third-order valence-electron chi connectivity index (χ3n) is 4.03. The van der Waals surface area contributed by atoms with Crippen LogP contribution in [0.5, 0.6) is 5.75 Å². The monoisotopic (exact) mass is 204 g/mol. The molecule has 1 aromatic carbocycles. The molecular weight excluding hydrogens is 188 g/mol. The maximum absolute atomic E-state index is 10.1. The molecule has 0 aliphatic heterocycles. The van der Waals surface area contributed by atoms with E-state index in [0.29, 0.717) is 17.6 Å². The van der Waals surface area contributed by atoms with E-state index in [1.807, 2.05) is 12.1 Å². The molecule has 1 aromatic rings. The highest BCUT2D eigenvalue weighted by Gasteiger charge is 2.37. The predicted molar refractivity (Wildman–Crippen MR) is 57.7 cm³/mol. The maximum atomic E-state index is 10.1. The van der Waals surface area contributed by atoms with E-state index in [0.717, 1.165) is 25.7 Å². The van der Waals surface area contributed by atoms with Crippen LogP contribution >= 0.6 is 0 Å². The zero-order valence-corrected chi connectivity index (χ0v) is 8.69. The summed E-state index contributed by atoms with van der Waals surface area (Å²) in [4.78, 5) is 0. The van der Waals surface area contributed by atoms with Crippen molar-refractivity contribution in [1.29, 1.82) is 0 Å². The molecule has 2 aliphatic rings. The lowest BCUT2D eigenvalue weighted by atomic mass is 9.93. The SMILES string of the molecule is Oc1ccc2c(c1)CC1CCC(C2)C1O. The van der Waals surface area contributed by atoms with Crippen LogP contribution in [0.4, 0.5) is 0 Å². The Balaban J connectivity index is 2.02. The standard InChI is InChI=1S/C13H16O2/c14-12-4-3-8-5-9-1-2-10(13(9)15)6-11(8)7-12/h3-4,7,9-10,13-15H,1-2,5-6H2. The van der Waals surface area contributed by atoms with Gasteiger partial charge < -0.3 is 10.2 Å². The first-order valence-corrected chi connectivity index (χ1v) is 5.73. The Labute approximate surface area is 89.6 Å². The lowest BCUT2D eigenvalue weighted by molar-refractivity contribution is 0.0949. The van der Waals surface area contributed by atoms with Crippen LogP contribution in [0.2, 0.25) is 0 Å². The van der Waals surface area contributed by atoms with E-state index in [1.165, 1.54) is 11.1 Å². The van der Waals surface area contributed by atoms with Crippen LogP contribution in [-0.4, -0.2) is 16.3 Å². The van der Waals surface area contributed by atoms with Gasteiger partial charge >= 0.3 is 0 Å². The fraction of sp³-hybridized carbons (Fsp3) is 0.538. The van der Waals surface area contributed by atoms with E-state index in [1.54, 1.807) is 6.07 Å². The van der Waals surface area contributed by atoms with Crippen molar-refractivity contribution in [3.05, 3.63) is 29.3 Å². The molecule has 3 rings (SSSR count). The lowest BCUT2D eigenvalue weighted by Gasteiger charge is -2.14. The summed E-state index contributed by atoms with van der Waals surface area (Å²) < 4.78 is 0. The van der Waals surface area contributed by atoms with E-state index in [4.69, 9.17) is 0 Å². The normalized spacial score (nSPS) is 33.5. The van der Waals surface area contributed by atoms with Crippen molar-refractivity contribution >= 4 is 0 Å². The second-order valence-electron chi connectivity index (χ2n) is 4.95. The van der Waals surface area contributed by atoms with Gasteiger partial charge in [0, 0.05) is 0 Å². The number of fused-ring (bicyclic) bond motifs is 3. The summed E-state index contributed by atoms with van der Waals surface area (Å²) in [5, 5.41) is 19.5. The number of aliphatic hydroxyl groups excluding tert-OH is 1. The first kappa shape index (κ1) is 9.22. The van der Waals surface area contributed by atoms with Crippen LogP contribution in [-0.2, 0) is 12.8 Å². The van der Waals surface area contributed by atoms with Gasteiger partial charge in [0.2, 0.25) is 0 Å². The average molecular weight is 204 g/mol. The highest BCUT2D eigenvalue weighted by molar-refractivity contribution is 5.37. The van der Waals surface area contributed by atoms with Crippen molar-refractivity contribution in [2.45, 2.75) is 31.8 Å². The van der Waals surface area contributed by atoms with Crippen LogP contribution in [0.25, 0.3) is 0 Å². The Morgan fingerprint density at radius 1 is 1.00 bits per heavy atom. The van der Waals surface area contributed by atoms with Gasteiger partial charge in [-0.15, -0.1) is 0 Å². The van der Waals surface area contributed by atoms with Gasteiger partial charge in [0.25, 0.3) is 0 Å². The third kappa shape index (κ3) is 1.44. The van der Waals surface area contributed by atoms with Crippen LogP contribution in [0.1, 0.15) is 24.0 Å². The van der Waals surface area contributed by atoms with Gasteiger partial charge in [0.1, 0.15) is 5.75 Å². The Bertz CT molecular complexity index is 386. The molecule has 0 heterocycles. The molecule has 0 saturated heterocycles. The summed E-state index contributed by atoms with van der Waals surface area (Å²) in [5.74, 6) is 1.21. The van der Waals surface area contributed by atoms with Gasteiger partial charge in [0.05, 0.1) is 6.10 Å². The molecule has 2 heteroatoms. The molecule has 0 amide bonds. The Kier molecular flexibility index (Phi) is 1.99. The minimum atomic E-state index is -0.125. The largest absolute Gasteiger partial charge is 0.508 e. The van der Waals surface area contributed by atoms with Gasteiger partial charge in [-0.2, -0.15) is 0 Å². The van der Waals surface area contributed by atoms with E-state index in [2.05, 4.69) is 0 Å². The number of hydrogen-bond donors (Lipinski definition) is 2. The first-order valence-electron chi connectivity index (χ1n) is 5.73. The molecule has 2 N–H and O–H groups in total. The smallest absolute Gasteiger partial charge is 0.115 e. The van der Waals surface area contributed by atoms with E-state index < -0.39 is 0 Å². The topological polar surface area (TPSA) is 40.5 Å². The Morgan fingerprint density at radius 3 is 2.40 bits per heavy atom. The number of rotatable bonds is 0. The van der Waals surface area contributed by atoms with E-state index in [9.17, 15) is 10.2 Å². The van der Waals surface area contributed by atoms with E-state index in [-0.39, 0.29) is 6.10 Å². The number of hydrogen-bond acceptors (Lipinski definition) is 2. The van der Waals surface area contributed by atoms with Crippen LogP contribution < -0.4 is 0 Å². The highest BCUT2D eigenvalue weighted by atomic mass is 16.3. The maximum Gasteiger partial charge on any atom is 0.115 e.